The standard InChI is InChI=1S/C16H31NO/c1-14-6-5-7-15(12-14)13-17-10-11-18-16-8-3-2-4-9-16/h14-17H,2-13H2,1H3. The van der Waals surface area contributed by atoms with Gasteiger partial charge in [-0.15, -0.1) is 0 Å². The molecule has 0 saturated heterocycles. The first-order valence-electron chi connectivity index (χ1n) is 8.17. The maximum atomic E-state index is 5.93. The van der Waals surface area contributed by atoms with Crippen molar-refractivity contribution in [1.29, 1.82) is 0 Å². The lowest BCUT2D eigenvalue weighted by molar-refractivity contribution is 0.0298. The molecule has 2 fully saturated rings. The van der Waals surface area contributed by atoms with E-state index >= 15 is 0 Å². The average molecular weight is 253 g/mol. The van der Waals surface area contributed by atoms with E-state index in [0.29, 0.717) is 6.10 Å². The Kier molecular flexibility index (Phi) is 6.50. The van der Waals surface area contributed by atoms with Crippen LogP contribution in [-0.2, 0) is 4.74 Å². The molecule has 18 heavy (non-hydrogen) atoms. The van der Waals surface area contributed by atoms with Gasteiger partial charge in [-0.2, -0.15) is 0 Å². The summed E-state index contributed by atoms with van der Waals surface area (Å²) in [6.45, 7) is 5.56. The zero-order valence-corrected chi connectivity index (χ0v) is 12.1. The van der Waals surface area contributed by atoms with Gasteiger partial charge in [-0.25, -0.2) is 0 Å². The van der Waals surface area contributed by atoms with Gasteiger partial charge < -0.3 is 10.1 Å². The van der Waals surface area contributed by atoms with Crippen molar-refractivity contribution < 1.29 is 4.74 Å². The van der Waals surface area contributed by atoms with Gasteiger partial charge >= 0.3 is 0 Å². The molecule has 106 valence electrons. The van der Waals surface area contributed by atoms with Gasteiger partial charge in [0.25, 0.3) is 0 Å². The van der Waals surface area contributed by atoms with Gasteiger partial charge in [0.05, 0.1) is 12.7 Å². The van der Waals surface area contributed by atoms with Gasteiger partial charge in [0.1, 0.15) is 0 Å². The zero-order valence-electron chi connectivity index (χ0n) is 12.1. The van der Waals surface area contributed by atoms with E-state index in [1.807, 2.05) is 0 Å². The molecular weight excluding hydrogens is 222 g/mol. The Balaban J connectivity index is 1.45. The van der Waals surface area contributed by atoms with Crippen molar-refractivity contribution in [2.75, 3.05) is 19.7 Å². The van der Waals surface area contributed by atoms with Crippen LogP contribution in [0.15, 0.2) is 0 Å². The monoisotopic (exact) mass is 253 g/mol. The second-order valence-electron chi connectivity index (χ2n) is 6.47. The first-order valence-corrected chi connectivity index (χ1v) is 8.17. The van der Waals surface area contributed by atoms with Crippen molar-refractivity contribution >= 4 is 0 Å². The molecule has 0 amide bonds. The summed E-state index contributed by atoms with van der Waals surface area (Å²) in [7, 11) is 0. The fourth-order valence-electron chi connectivity index (χ4n) is 3.58. The molecule has 0 aromatic carbocycles. The van der Waals surface area contributed by atoms with Crippen LogP contribution >= 0.6 is 0 Å². The first-order chi connectivity index (χ1) is 8.84. The quantitative estimate of drug-likeness (QED) is 0.728. The second kappa shape index (κ2) is 8.16. The van der Waals surface area contributed by atoms with E-state index in [1.165, 1.54) is 64.3 Å². The SMILES string of the molecule is CC1CCCC(CNCCOC2CCCCC2)C1. The average Bonchev–Trinajstić information content (AvgIpc) is 2.40. The molecule has 0 radical (unpaired) electrons. The van der Waals surface area contributed by atoms with Gasteiger partial charge in [0.15, 0.2) is 0 Å². The molecule has 2 nitrogen and oxygen atoms in total. The highest BCUT2D eigenvalue weighted by Crippen LogP contribution is 2.27. The van der Waals surface area contributed by atoms with E-state index in [9.17, 15) is 0 Å². The van der Waals surface area contributed by atoms with Gasteiger partial charge in [-0.05, 0) is 44.1 Å². The number of nitrogens with one attached hydrogen (secondary N) is 1. The van der Waals surface area contributed by atoms with E-state index in [-0.39, 0.29) is 0 Å². The van der Waals surface area contributed by atoms with E-state index in [2.05, 4.69) is 12.2 Å². The smallest absolute Gasteiger partial charge is 0.0594 e. The summed E-state index contributed by atoms with van der Waals surface area (Å²) in [5.41, 5.74) is 0. The number of rotatable bonds is 6. The predicted octanol–water partition coefficient (Wildman–Crippen LogP) is 3.75. The van der Waals surface area contributed by atoms with Gasteiger partial charge in [0, 0.05) is 6.54 Å². The van der Waals surface area contributed by atoms with E-state index in [1.54, 1.807) is 0 Å². The van der Waals surface area contributed by atoms with Crippen LogP contribution in [-0.4, -0.2) is 25.8 Å². The van der Waals surface area contributed by atoms with Gasteiger partial charge in [0.2, 0.25) is 0 Å². The maximum absolute atomic E-state index is 5.93. The lowest BCUT2D eigenvalue weighted by Crippen LogP contribution is -2.30. The van der Waals surface area contributed by atoms with Crippen molar-refractivity contribution in [3.63, 3.8) is 0 Å². The molecule has 2 atom stereocenters. The third kappa shape index (κ3) is 5.27. The molecule has 2 unspecified atom stereocenters. The topological polar surface area (TPSA) is 21.3 Å². The normalized spacial score (nSPS) is 30.5. The fraction of sp³-hybridized carbons (Fsp3) is 1.00. The molecule has 0 aromatic rings. The van der Waals surface area contributed by atoms with E-state index < -0.39 is 0 Å². The molecule has 0 bridgehead atoms. The molecule has 0 spiro atoms. The summed E-state index contributed by atoms with van der Waals surface area (Å²) in [4.78, 5) is 0. The molecule has 0 heterocycles. The summed E-state index contributed by atoms with van der Waals surface area (Å²) in [5, 5.41) is 3.59. The van der Waals surface area contributed by atoms with Crippen LogP contribution in [0.1, 0.15) is 64.7 Å². The third-order valence-corrected chi connectivity index (χ3v) is 4.66. The van der Waals surface area contributed by atoms with Crippen molar-refractivity contribution in [2.24, 2.45) is 11.8 Å². The Hall–Kier alpha value is -0.0800. The number of hydrogen-bond donors (Lipinski definition) is 1. The van der Waals surface area contributed by atoms with Gasteiger partial charge in [-0.3, -0.25) is 0 Å². The van der Waals surface area contributed by atoms with Crippen molar-refractivity contribution in [1.82, 2.24) is 5.32 Å². The molecule has 2 aliphatic rings. The summed E-state index contributed by atoms with van der Waals surface area (Å²) < 4.78 is 5.93. The zero-order chi connectivity index (χ0) is 12.6. The Morgan fingerprint density at radius 1 is 1.00 bits per heavy atom. The minimum absolute atomic E-state index is 0.565. The molecule has 1 N–H and O–H groups in total. The van der Waals surface area contributed by atoms with E-state index in [0.717, 1.165) is 25.0 Å². The van der Waals surface area contributed by atoms with Crippen LogP contribution in [0.25, 0.3) is 0 Å². The second-order valence-corrected chi connectivity index (χ2v) is 6.47. The van der Waals surface area contributed by atoms with Crippen molar-refractivity contribution in [2.45, 2.75) is 70.8 Å². The molecule has 0 aromatic heterocycles. The lowest BCUT2D eigenvalue weighted by atomic mass is 9.82. The summed E-state index contributed by atoms with van der Waals surface area (Å²) in [6.07, 6.45) is 13.1. The van der Waals surface area contributed by atoms with Crippen LogP contribution in [0, 0.1) is 11.8 Å². The lowest BCUT2D eigenvalue weighted by Gasteiger charge is -2.27. The molecule has 2 heteroatoms. The summed E-state index contributed by atoms with van der Waals surface area (Å²) in [6, 6.07) is 0. The predicted molar refractivity (Wildman–Crippen MR) is 76.8 cm³/mol. The van der Waals surface area contributed by atoms with Crippen molar-refractivity contribution in [3.8, 4) is 0 Å². The van der Waals surface area contributed by atoms with Crippen LogP contribution in [0.3, 0.4) is 0 Å². The molecular formula is C16H31NO. The Morgan fingerprint density at radius 2 is 1.83 bits per heavy atom. The third-order valence-electron chi connectivity index (χ3n) is 4.66. The molecule has 2 aliphatic carbocycles. The minimum Gasteiger partial charge on any atom is -0.377 e. The first kappa shape index (κ1) is 14.3. The highest BCUT2D eigenvalue weighted by atomic mass is 16.5. The Bertz CT molecular complexity index is 213. The fourth-order valence-corrected chi connectivity index (χ4v) is 3.58. The van der Waals surface area contributed by atoms with Gasteiger partial charge in [-0.1, -0.05) is 39.0 Å². The van der Waals surface area contributed by atoms with Crippen LogP contribution in [0.4, 0.5) is 0 Å². The largest absolute Gasteiger partial charge is 0.377 e. The number of hydrogen-bond acceptors (Lipinski definition) is 2. The minimum atomic E-state index is 0.565. The molecule has 0 aliphatic heterocycles. The highest BCUT2D eigenvalue weighted by Gasteiger charge is 2.18. The van der Waals surface area contributed by atoms with Crippen molar-refractivity contribution in [3.05, 3.63) is 0 Å². The molecule has 2 rings (SSSR count). The van der Waals surface area contributed by atoms with E-state index in [4.69, 9.17) is 4.74 Å². The Labute approximate surface area is 113 Å². The summed E-state index contributed by atoms with van der Waals surface area (Å²) >= 11 is 0. The highest BCUT2D eigenvalue weighted by molar-refractivity contribution is 4.72. The number of ether oxygens (including phenoxy) is 1. The summed E-state index contributed by atoms with van der Waals surface area (Å²) in [5.74, 6) is 1.87. The Morgan fingerprint density at radius 3 is 2.61 bits per heavy atom. The van der Waals surface area contributed by atoms with Crippen LogP contribution in [0.5, 0.6) is 0 Å². The maximum Gasteiger partial charge on any atom is 0.0594 e. The van der Waals surface area contributed by atoms with Crippen LogP contribution in [0.2, 0.25) is 0 Å². The van der Waals surface area contributed by atoms with Crippen LogP contribution < -0.4 is 5.32 Å². The molecule has 2 saturated carbocycles.